The Bertz CT molecular complexity index is 1060. The molecule has 7 heteroatoms. The number of aromatic nitrogens is 2. The van der Waals surface area contributed by atoms with Gasteiger partial charge in [-0.1, -0.05) is 56.5 Å². The number of carbonyl (C=O) groups is 2. The van der Waals surface area contributed by atoms with Gasteiger partial charge in [-0.2, -0.15) is 5.10 Å². The van der Waals surface area contributed by atoms with E-state index in [1.807, 2.05) is 42.5 Å². The Labute approximate surface area is 187 Å². The summed E-state index contributed by atoms with van der Waals surface area (Å²) in [4.78, 5) is 25.5. The number of hydrogen-bond acceptors (Lipinski definition) is 6. The maximum Gasteiger partial charge on any atom is 0.357 e. The smallest absolute Gasteiger partial charge is 0.357 e. The van der Waals surface area contributed by atoms with E-state index in [0.717, 1.165) is 25.7 Å². The number of nitrogens with zero attached hydrogens (tertiary/aromatic N) is 2. The molecule has 1 aromatic heterocycles. The van der Waals surface area contributed by atoms with Gasteiger partial charge in [-0.15, -0.1) is 0 Å². The molecule has 0 radical (unpaired) electrons. The molecular formula is C25H28N2O5. The molecule has 168 valence electrons. The van der Waals surface area contributed by atoms with Crippen molar-refractivity contribution in [2.24, 2.45) is 0 Å². The molecule has 0 aliphatic carbocycles. The summed E-state index contributed by atoms with van der Waals surface area (Å²) >= 11 is 0. The second kappa shape index (κ2) is 11.1. The maximum atomic E-state index is 12.8. The molecule has 1 heterocycles. The van der Waals surface area contributed by atoms with Crippen LogP contribution in [0.5, 0.6) is 5.75 Å². The monoisotopic (exact) mass is 436 g/mol. The first-order valence-corrected chi connectivity index (χ1v) is 10.7. The van der Waals surface area contributed by atoms with Crippen molar-refractivity contribution in [1.82, 2.24) is 9.78 Å². The maximum absolute atomic E-state index is 12.8. The number of methoxy groups -OCH3 is 2. The van der Waals surface area contributed by atoms with E-state index in [1.54, 1.807) is 12.1 Å². The molecule has 3 aromatic rings. The highest BCUT2D eigenvalue weighted by Gasteiger charge is 2.32. The van der Waals surface area contributed by atoms with Crippen LogP contribution in [0, 0.1) is 0 Å². The molecule has 0 unspecified atom stereocenters. The molecule has 0 saturated carbocycles. The Hall–Kier alpha value is -3.61. The Balaban J connectivity index is 2.14. The number of esters is 2. The first-order valence-electron chi connectivity index (χ1n) is 10.7. The third-order valence-corrected chi connectivity index (χ3v) is 5.05. The van der Waals surface area contributed by atoms with Gasteiger partial charge < -0.3 is 14.2 Å². The van der Waals surface area contributed by atoms with Crippen LogP contribution < -0.4 is 4.74 Å². The molecule has 0 aliphatic rings. The lowest BCUT2D eigenvalue weighted by molar-refractivity contribution is 0.0549. The molecule has 0 N–H and O–H groups in total. The van der Waals surface area contributed by atoms with Gasteiger partial charge in [0.1, 0.15) is 17.0 Å². The van der Waals surface area contributed by atoms with Crippen LogP contribution in [-0.2, 0) is 9.47 Å². The van der Waals surface area contributed by atoms with E-state index in [1.165, 1.54) is 18.9 Å². The Kier molecular flexibility index (Phi) is 8.02. The molecular weight excluding hydrogens is 408 g/mol. The lowest BCUT2D eigenvalue weighted by Gasteiger charge is -2.11. The Morgan fingerprint density at radius 1 is 0.875 bits per heavy atom. The summed E-state index contributed by atoms with van der Waals surface area (Å²) in [6, 6.07) is 16.4. The fraction of sp³-hybridized carbons (Fsp3) is 0.320. The van der Waals surface area contributed by atoms with E-state index in [2.05, 4.69) is 12.0 Å². The molecule has 0 atom stereocenters. The van der Waals surface area contributed by atoms with Gasteiger partial charge in [0.05, 0.1) is 26.5 Å². The van der Waals surface area contributed by atoms with Crippen molar-refractivity contribution in [3.05, 3.63) is 65.9 Å². The van der Waals surface area contributed by atoms with E-state index in [0.29, 0.717) is 29.3 Å². The average molecular weight is 437 g/mol. The second-order valence-electron chi connectivity index (χ2n) is 7.21. The van der Waals surface area contributed by atoms with Crippen molar-refractivity contribution >= 4 is 11.9 Å². The molecule has 7 nitrogen and oxygen atoms in total. The molecule has 2 aromatic carbocycles. The van der Waals surface area contributed by atoms with Crippen molar-refractivity contribution in [2.45, 2.75) is 32.6 Å². The summed E-state index contributed by atoms with van der Waals surface area (Å²) in [5.74, 6) is -0.783. The highest BCUT2D eigenvalue weighted by atomic mass is 16.5. The first kappa shape index (κ1) is 23.1. The molecule has 0 amide bonds. The number of unbranched alkanes of at least 4 members (excludes halogenated alkanes) is 3. The van der Waals surface area contributed by atoms with Gasteiger partial charge in [-0.25, -0.2) is 14.3 Å². The van der Waals surface area contributed by atoms with Gasteiger partial charge in [-0.3, -0.25) is 0 Å². The van der Waals surface area contributed by atoms with E-state index < -0.39 is 11.9 Å². The van der Waals surface area contributed by atoms with Crippen molar-refractivity contribution in [2.75, 3.05) is 20.8 Å². The zero-order chi connectivity index (χ0) is 22.9. The Morgan fingerprint density at radius 2 is 1.56 bits per heavy atom. The topological polar surface area (TPSA) is 79.7 Å². The molecule has 0 fully saturated rings. The van der Waals surface area contributed by atoms with E-state index >= 15 is 0 Å². The van der Waals surface area contributed by atoms with Crippen molar-refractivity contribution < 1.29 is 23.8 Å². The summed E-state index contributed by atoms with van der Waals surface area (Å²) in [6.07, 6.45) is 4.31. The number of benzene rings is 2. The highest BCUT2D eigenvalue weighted by Crippen LogP contribution is 2.35. The van der Waals surface area contributed by atoms with E-state index in [9.17, 15) is 9.59 Å². The van der Waals surface area contributed by atoms with Crippen molar-refractivity contribution in [3.8, 4) is 22.7 Å². The minimum Gasteiger partial charge on any atom is -0.493 e. The largest absolute Gasteiger partial charge is 0.493 e. The molecule has 0 saturated heterocycles. The molecule has 0 aliphatic heterocycles. The summed E-state index contributed by atoms with van der Waals surface area (Å²) in [7, 11) is 2.53. The van der Waals surface area contributed by atoms with Crippen LogP contribution in [0.3, 0.4) is 0 Å². The van der Waals surface area contributed by atoms with Gasteiger partial charge in [0, 0.05) is 5.56 Å². The van der Waals surface area contributed by atoms with Crippen LogP contribution in [0.4, 0.5) is 0 Å². The highest BCUT2D eigenvalue weighted by molar-refractivity contribution is 6.07. The third kappa shape index (κ3) is 4.99. The lowest BCUT2D eigenvalue weighted by Crippen LogP contribution is -2.15. The van der Waals surface area contributed by atoms with Gasteiger partial charge in [0.2, 0.25) is 0 Å². The number of hydrogen-bond donors (Lipinski definition) is 0. The zero-order valence-electron chi connectivity index (χ0n) is 18.7. The minimum atomic E-state index is -0.689. The van der Waals surface area contributed by atoms with E-state index in [4.69, 9.17) is 14.2 Å². The number of para-hydroxylation sites is 2. The van der Waals surface area contributed by atoms with Crippen LogP contribution in [0.15, 0.2) is 54.6 Å². The predicted octanol–water partition coefficient (Wildman–Crippen LogP) is 5.07. The van der Waals surface area contributed by atoms with Crippen LogP contribution in [0.25, 0.3) is 16.9 Å². The number of carbonyl (C=O) groups excluding carboxylic acids is 2. The van der Waals surface area contributed by atoms with Gasteiger partial charge in [0.25, 0.3) is 0 Å². The molecule has 0 bridgehead atoms. The standard InChI is InChI=1S/C25H28N2O5/c1-4-5-6-12-17-32-20-16-11-10-15-19(20)22-21(24(28)30-2)23(25(29)31-3)27(26-22)18-13-8-7-9-14-18/h7-11,13-16H,4-6,12,17H2,1-3H3. The van der Waals surface area contributed by atoms with Crippen molar-refractivity contribution in [3.63, 3.8) is 0 Å². The third-order valence-electron chi connectivity index (χ3n) is 5.05. The molecule has 0 spiro atoms. The quantitative estimate of drug-likeness (QED) is 0.326. The predicted molar refractivity (Wildman–Crippen MR) is 121 cm³/mol. The van der Waals surface area contributed by atoms with Gasteiger partial charge >= 0.3 is 11.9 Å². The van der Waals surface area contributed by atoms with Crippen LogP contribution in [-0.4, -0.2) is 42.5 Å². The number of ether oxygens (including phenoxy) is 3. The number of rotatable bonds is 10. The van der Waals surface area contributed by atoms with Gasteiger partial charge in [-0.05, 0) is 30.7 Å². The molecule has 32 heavy (non-hydrogen) atoms. The fourth-order valence-corrected chi connectivity index (χ4v) is 3.44. The SMILES string of the molecule is CCCCCCOc1ccccc1-c1nn(-c2ccccc2)c(C(=O)OC)c1C(=O)OC. The lowest BCUT2D eigenvalue weighted by atomic mass is 10.0. The summed E-state index contributed by atoms with van der Waals surface area (Å²) < 4.78 is 17.4. The average Bonchev–Trinajstić information content (AvgIpc) is 3.24. The minimum absolute atomic E-state index is 0.00158. The summed E-state index contributed by atoms with van der Waals surface area (Å²) in [5.41, 5.74) is 1.54. The van der Waals surface area contributed by atoms with E-state index in [-0.39, 0.29) is 11.3 Å². The summed E-state index contributed by atoms with van der Waals surface area (Å²) in [5, 5.41) is 4.64. The van der Waals surface area contributed by atoms with Crippen LogP contribution in [0.1, 0.15) is 53.5 Å². The Morgan fingerprint density at radius 3 is 2.25 bits per heavy atom. The fourth-order valence-electron chi connectivity index (χ4n) is 3.44. The zero-order valence-corrected chi connectivity index (χ0v) is 18.7. The van der Waals surface area contributed by atoms with Crippen LogP contribution >= 0.6 is 0 Å². The molecule has 3 rings (SSSR count). The van der Waals surface area contributed by atoms with Crippen molar-refractivity contribution in [1.29, 1.82) is 0 Å². The van der Waals surface area contributed by atoms with Gasteiger partial charge in [0.15, 0.2) is 5.69 Å². The first-order chi connectivity index (χ1) is 15.6. The summed E-state index contributed by atoms with van der Waals surface area (Å²) in [6.45, 7) is 2.71. The normalized spacial score (nSPS) is 10.6. The second-order valence-corrected chi connectivity index (χ2v) is 7.21. The van der Waals surface area contributed by atoms with Crippen LogP contribution in [0.2, 0.25) is 0 Å².